The third-order valence-electron chi connectivity index (χ3n) is 4.89. The number of methoxy groups -OCH3 is 1. The highest BCUT2D eigenvalue weighted by Crippen LogP contribution is 2.27. The molecule has 0 bridgehead atoms. The van der Waals surface area contributed by atoms with Gasteiger partial charge in [0.05, 0.1) is 19.4 Å². The van der Waals surface area contributed by atoms with Crippen LogP contribution in [0.15, 0.2) is 35.8 Å². The van der Waals surface area contributed by atoms with Crippen molar-refractivity contribution in [1.29, 1.82) is 0 Å². The highest BCUT2D eigenvalue weighted by Gasteiger charge is 2.27. The van der Waals surface area contributed by atoms with Crippen LogP contribution in [-0.4, -0.2) is 71.1 Å². The third kappa shape index (κ3) is 3.77. The van der Waals surface area contributed by atoms with Gasteiger partial charge in [0, 0.05) is 43.3 Å². The molecule has 0 saturated carbocycles. The van der Waals surface area contributed by atoms with Gasteiger partial charge >= 0.3 is 6.09 Å². The van der Waals surface area contributed by atoms with E-state index in [1.807, 2.05) is 40.2 Å². The van der Waals surface area contributed by atoms with Crippen LogP contribution in [0.2, 0.25) is 0 Å². The quantitative estimate of drug-likeness (QED) is 0.656. The summed E-state index contributed by atoms with van der Waals surface area (Å²) in [7, 11) is 1.63. The van der Waals surface area contributed by atoms with Crippen molar-refractivity contribution in [3.8, 4) is 17.0 Å². The first-order chi connectivity index (χ1) is 14.1. The first kappa shape index (κ1) is 19.3. The lowest BCUT2D eigenvalue weighted by atomic mass is 10.1. The smallest absolute Gasteiger partial charge is 0.409 e. The Morgan fingerprint density at radius 2 is 1.93 bits per heavy atom. The van der Waals surface area contributed by atoms with E-state index in [1.165, 1.54) is 11.3 Å². The summed E-state index contributed by atoms with van der Waals surface area (Å²) in [5, 5.41) is 1.83. The molecule has 152 valence electrons. The number of benzene rings is 1. The number of piperazine rings is 1. The minimum absolute atomic E-state index is 0.0608. The predicted molar refractivity (Wildman–Crippen MR) is 110 cm³/mol. The Labute approximate surface area is 172 Å². The molecule has 9 heteroatoms. The summed E-state index contributed by atoms with van der Waals surface area (Å²) in [5.74, 6) is 0.698. The van der Waals surface area contributed by atoms with E-state index in [2.05, 4.69) is 4.98 Å². The maximum absolute atomic E-state index is 13.1. The van der Waals surface area contributed by atoms with E-state index in [-0.39, 0.29) is 12.0 Å². The van der Waals surface area contributed by atoms with Gasteiger partial charge in [0.1, 0.15) is 11.4 Å². The lowest BCUT2D eigenvalue weighted by Gasteiger charge is -2.33. The van der Waals surface area contributed by atoms with Crippen molar-refractivity contribution in [3.63, 3.8) is 0 Å². The average molecular weight is 414 g/mol. The number of thiazole rings is 1. The molecule has 2 aromatic heterocycles. The Kier molecular flexibility index (Phi) is 5.39. The summed E-state index contributed by atoms with van der Waals surface area (Å²) in [4.78, 5) is 33.7. The fourth-order valence-corrected chi connectivity index (χ4v) is 4.18. The second-order valence-corrected chi connectivity index (χ2v) is 7.45. The summed E-state index contributed by atoms with van der Waals surface area (Å²) in [6, 6.07) is 7.68. The number of carbonyl (C=O) groups is 2. The zero-order chi connectivity index (χ0) is 20.4. The molecule has 1 fully saturated rings. The van der Waals surface area contributed by atoms with Gasteiger partial charge < -0.3 is 19.3 Å². The lowest BCUT2D eigenvalue weighted by Crippen LogP contribution is -2.50. The molecule has 1 aliphatic heterocycles. The zero-order valence-electron chi connectivity index (χ0n) is 16.3. The van der Waals surface area contributed by atoms with Gasteiger partial charge in [-0.2, -0.15) is 0 Å². The summed E-state index contributed by atoms with van der Waals surface area (Å²) in [6.07, 6.45) is 1.55. The molecule has 0 N–H and O–H groups in total. The van der Waals surface area contributed by atoms with Gasteiger partial charge in [-0.05, 0) is 19.1 Å². The molecule has 4 rings (SSSR count). The maximum atomic E-state index is 13.1. The van der Waals surface area contributed by atoms with Crippen LogP contribution >= 0.6 is 11.3 Å². The molecule has 0 aliphatic carbocycles. The summed E-state index contributed by atoms with van der Waals surface area (Å²) < 4.78 is 12.1. The van der Waals surface area contributed by atoms with Crippen molar-refractivity contribution >= 4 is 28.3 Å². The van der Waals surface area contributed by atoms with Crippen LogP contribution in [-0.2, 0) is 4.74 Å². The fourth-order valence-electron chi connectivity index (χ4n) is 3.33. The Morgan fingerprint density at radius 3 is 2.66 bits per heavy atom. The van der Waals surface area contributed by atoms with Gasteiger partial charge in [0.25, 0.3) is 5.91 Å². The summed E-state index contributed by atoms with van der Waals surface area (Å²) in [5.41, 5.74) is 2.30. The van der Waals surface area contributed by atoms with E-state index in [9.17, 15) is 9.59 Å². The topological polar surface area (TPSA) is 76.4 Å². The van der Waals surface area contributed by atoms with E-state index in [1.54, 1.807) is 23.8 Å². The number of carbonyl (C=O) groups excluding carboxylic acids is 2. The molecule has 1 aromatic carbocycles. The summed E-state index contributed by atoms with van der Waals surface area (Å²) in [6.45, 7) is 4.03. The van der Waals surface area contributed by atoms with Crippen molar-refractivity contribution in [2.75, 3.05) is 39.9 Å². The molecular formula is C20H22N4O4S. The van der Waals surface area contributed by atoms with Crippen LogP contribution in [0, 0.1) is 0 Å². The first-order valence-electron chi connectivity index (χ1n) is 9.42. The van der Waals surface area contributed by atoms with Gasteiger partial charge in [0.15, 0.2) is 4.96 Å². The standard InChI is InChI=1S/C20H22N4O4S/c1-3-28-20(26)23-9-7-22(8-10-23)18(25)17-13-29-19-21-16(12-24(17)19)14-5-4-6-15(11-14)27-2/h4-6,11-13H,3,7-10H2,1-2H3. The fraction of sp³-hybridized carbons (Fsp3) is 0.350. The predicted octanol–water partition coefficient (Wildman–Crippen LogP) is 2.99. The Balaban J connectivity index is 1.52. The van der Waals surface area contributed by atoms with Gasteiger partial charge in [0.2, 0.25) is 0 Å². The maximum Gasteiger partial charge on any atom is 0.409 e. The van der Waals surface area contributed by atoms with Crippen molar-refractivity contribution < 1.29 is 19.1 Å². The highest BCUT2D eigenvalue weighted by atomic mass is 32.1. The van der Waals surface area contributed by atoms with Crippen molar-refractivity contribution in [1.82, 2.24) is 19.2 Å². The number of hydrogen-bond donors (Lipinski definition) is 0. The second-order valence-electron chi connectivity index (χ2n) is 6.61. The number of rotatable bonds is 4. The molecule has 0 atom stereocenters. The van der Waals surface area contributed by atoms with Crippen LogP contribution in [0.1, 0.15) is 17.4 Å². The zero-order valence-corrected chi connectivity index (χ0v) is 17.1. The first-order valence-corrected chi connectivity index (χ1v) is 10.3. The van der Waals surface area contributed by atoms with Crippen molar-refractivity contribution in [3.05, 3.63) is 41.5 Å². The molecule has 29 heavy (non-hydrogen) atoms. The number of imidazole rings is 1. The van der Waals surface area contributed by atoms with Crippen LogP contribution in [0.5, 0.6) is 5.75 Å². The molecule has 1 saturated heterocycles. The van der Waals surface area contributed by atoms with Gasteiger partial charge in [-0.15, -0.1) is 11.3 Å². The van der Waals surface area contributed by atoms with E-state index >= 15 is 0 Å². The largest absolute Gasteiger partial charge is 0.497 e. The van der Waals surface area contributed by atoms with E-state index in [0.717, 1.165) is 22.0 Å². The van der Waals surface area contributed by atoms with E-state index in [4.69, 9.17) is 9.47 Å². The minimum Gasteiger partial charge on any atom is -0.497 e. The molecule has 0 radical (unpaired) electrons. The van der Waals surface area contributed by atoms with Crippen LogP contribution in [0.3, 0.4) is 0 Å². The molecule has 0 spiro atoms. The lowest BCUT2D eigenvalue weighted by molar-refractivity contribution is 0.0565. The molecular weight excluding hydrogens is 392 g/mol. The molecule has 3 heterocycles. The number of amides is 2. The van der Waals surface area contributed by atoms with Gasteiger partial charge in [-0.3, -0.25) is 9.20 Å². The Morgan fingerprint density at radius 1 is 1.17 bits per heavy atom. The number of nitrogens with zero attached hydrogens (tertiary/aromatic N) is 4. The third-order valence-corrected chi connectivity index (χ3v) is 5.73. The minimum atomic E-state index is -0.324. The van der Waals surface area contributed by atoms with Gasteiger partial charge in [-0.1, -0.05) is 12.1 Å². The van der Waals surface area contributed by atoms with E-state index < -0.39 is 0 Å². The highest BCUT2D eigenvalue weighted by molar-refractivity contribution is 7.15. The SMILES string of the molecule is CCOC(=O)N1CCN(C(=O)c2csc3nc(-c4cccc(OC)c4)cn23)CC1. The molecule has 1 aliphatic rings. The molecule has 0 unspecified atom stereocenters. The summed E-state index contributed by atoms with van der Waals surface area (Å²) >= 11 is 1.43. The Hall–Kier alpha value is -3.07. The molecule has 3 aromatic rings. The molecule has 2 amide bonds. The normalized spacial score (nSPS) is 14.3. The van der Waals surface area contributed by atoms with Gasteiger partial charge in [-0.25, -0.2) is 9.78 Å². The molecule has 8 nitrogen and oxygen atoms in total. The van der Waals surface area contributed by atoms with Crippen LogP contribution < -0.4 is 4.74 Å². The van der Waals surface area contributed by atoms with Crippen molar-refractivity contribution in [2.45, 2.75) is 6.92 Å². The monoisotopic (exact) mass is 414 g/mol. The number of hydrogen-bond acceptors (Lipinski definition) is 6. The number of aromatic nitrogens is 2. The second kappa shape index (κ2) is 8.12. The average Bonchev–Trinajstić information content (AvgIpc) is 3.34. The van der Waals surface area contributed by atoms with Crippen molar-refractivity contribution in [2.24, 2.45) is 0 Å². The van der Waals surface area contributed by atoms with E-state index in [0.29, 0.717) is 38.5 Å². The van der Waals surface area contributed by atoms with Crippen LogP contribution in [0.4, 0.5) is 4.79 Å². The number of fused-ring (bicyclic) bond motifs is 1. The number of ether oxygens (including phenoxy) is 2. The van der Waals surface area contributed by atoms with Crippen LogP contribution in [0.25, 0.3) is 16.2 Å². The Bertz CT molecular complexity index is 1040.